The van der Waals surface area contributed by atoms with Gasteiger partial charge in [0.05, 0.1) is 12.5 Å². The minimum atomic E-state index is 0.834. The van der Waals surface area contributed by atoms with E-state index in [-0.39, 0.29) is 0 Å². The average Bonchev–Trinajstić information content (AvgIpc) is 3.92. The zero-order chi connectivity index (χ0) is 37.0. The lowest BCUT2D eigenvalue weighted by Crippen LogP contribution is -1.90. The minimum Gasteiger partial charge on any atom is -0.463 e. The van der Waals surface area contributed by atoms with Gasteiger partial charge in [-0.1, -0.05) is 194 Å². The first-order chi connectivity index (χ1) is 27.8. The molecule has 0 saturated heterocycles. The SMILES string of the molecule is c1ccc(-c2coc3c(-c4ccc(-c5cccc6ccccc56)cc4)c4c(-c5ccccc5)coc4c(-c4ccc(-c5cccc6ccccc56)cc4)c23)cc1. The van der Waals surface area contributed by atoms with Crippen LogP contribution in [0, 0.1) is 0 Å². The number of rotatable bonds is 6. The molecule has 2 heteroatoms. The second-order valence-corrected chi connectivity index (χ2v) is 14.4. The van der Waals surface area contributed by atoms with Crippen LogP contribution < -0.4 is 0 Å². The van der Waals surface area contributed by atoms with Crippen LogP contribution in [0.2, 0.25) is 0 Å². The highest BCUT2D eigenvalue weighted by Crippen LogP contribution is 2.51. The van der Waals surface area contributed by atoms with E-state index in [0.29, 0.717) is 0 Å². The van der Waals surface area contributed by atoms with E-state index in [4.69, 9.17) is 8.83 Å². The first kappa shape index (κ1) is 32.0. The second-order valence-electron chi connectivity index (χ2n) is 14.4. The van der Waals surface area contributed by atoms with E-state index in [2.05, 4.69) is 194 Å². The number of hydrogen-bond acceptors (Lipinski definition) is 2. The van der Waals surface area contributed by atoms with Crippen molar-refractivity contribution in [2.45, 2.75) is 0 Å². The molecule has 0 aliphatic carbocycles. The molecule has 0 saturated carbocycles. The largest absolute Gasteiger partial charge is 0.463 e. The van der Waals surface area contributed by atoms with Crippen molar-refractivity contribution in [2.24, 2.45) is 0 Å². The molecule has 2 aromatic heterocycles. The van der Waals surface area contributed by atoms with Crippen LogP contribution in [-0.2, 0) is 0 Å². The van der Waals surface area contributed by atoms with Crippen LogP contribution in [0.4, 0.5) is 0 Å². The van der Waals surface area contributed by atoms with Gasteiger partial charge in [-0.2, -0.15) is 0 Å². The van der Waals surface area contributed by atoms with Crippen LogP contribution in [0.5, 0.6) is 0 Å². The molecular formula is C54H34O2. The van der Waals surface area contributed by atoms with Gasteiger partial charge in [0.25, 0.3) is 0 Å². The van der Waals surface area contributed by atoms with Gasteiger partial charge in [-0.3, -0.25) is 0 Å². The molecule has 0 amide bonds. The summed E-state index contributed by atoms with van der Waals surface area (Å²) in [6.07, 6.45) is 3.84. The zero-order valence-electron chi connectivity index (χ0n) is 30.4. The van der Waals surface area contributed by atoms with E-state index >= 15 is 0 Å². The van der Waals surface area contributed by atoms with Crippen LogP contribution >= 0.6 is 0 Å². The molecule has 262 valence electrons. The summed E-state index contributed by atoms with van der Waals surface area (Å²) >= 11 is 0. The highest BCUT2D eigenvalue weighted by Gasteiger charge is 2.27. The molecule has 9 aromatic carbocycles. The molecule has 2 heterocycles. The molecule has 11 aromatic rings. The van der Waals surface area contributed by atoms with Crippen molar-refractivity contribution in [1.82, 2.24) is 0 Å². The molecule has 2 nitrogen and oxygen atoms in total. The third-order valence-corrected chi connectivity index (χ3v) is 11.3. The molecule has 0 spiro atoms. The third-order valence-electron chi connectivity index (χ3n) is 11.3. The van der Waals surface area contributed by atoms with E-state index in [1.54, 1.807) is 0 Å². The Kier molecular flexibility index (Phi) is 7.53. The van der Waals surface area contributed by atoms with E-state index in [9.17, 15) is 0 Å². The first-order valence-corrected chi connectivity index (χ1v) is 19.1. The van der Waals surface area contributed by atoms with Crippen LogP contribution in [0.3, 0.4) is 0 Å². The summed E-state index contributed by atoms with van der Waals surface area (Å²) in [5, 5.41) is 7.00. The molecule has 0 aliphatic rings. The minimum absolute atomic E-state index is 0.834. The van der Waals surface area contributed by atoms with Gasteiger partial charge in [-0.25, -0.2) is 0 Å². The number of fused-ring (bicyclic) bond motifs is 4. The van der Waals surface area contributed by atoms with Crippen LogP contribution in [-0.4, -0.2) is 0 Å². The van der Waals surface area contributed by atoms with Crippen molar-refractivity contribution in [3.8, 4) is 66.8 Å². The van der Waals surface area contributed by atoms with Gasteiger partial charge in [0, 0.05) is 33.0 Å². The number of furan rings is 2. The second kappa shape index (κ2) is 13.2. The normalized spacial score (nSPS) is 11.6. The standard InChI is InChI=1S/C54H34O2/c1-3-13-37(14-4-1)47-33-55-53-50(42-31-27-40(28-32-42)46-24-12-20-36-18-8-10-22-44(36)46)52-48(38-15-5-2-6-16-38)34-56-54(52)49(51(47)53)41-29-25-39(26-30-41)45-23-11-19-35-17-7-9-21-43(35)45/h1-34H. The van der Waals surface area contributed by atoms with Gasteiger partial charge in [0.2, 0.25) is 0 Å². The Hall–Kier alpha value is -7.42. The maximum Gasteiger partial charge on any atom is 0.143 e. The lowest BCUT2D eigenvalue weighted by atomic mass is 9.87. The summed E-state index contributed by atoms with van der Waals surface area (Å²) in [5.74, 6) is 0. The van der Waals surface area contributed by atoms with Gasteiger partial charge in [0.1, 0.15) is 11.2 Å². The van der Waals surface area contributed by atoms with Crippen molar-refractivity contribution in [2.75, 3.05) is 0 Å². The van der Waals surface area contributed by atoms with Gasteiger partial charge in [0.15, 0.2) is 0 Å². The Morgan fingerprint density at radius 3 is 1.02 bits per heavy atom. The number of benzene rings is 9. The molecule has 0 radical (unpaired) electrons. The fourth-order valence-electron chi connectivity index (χ4n) is 8.61. The van der Waals surface area contributed by atoms with Crippen LogP contribution in [0.15, 0.2) is 215 Å². The van der Waals surface area contributed by atoms with E-state index in [1.807, 2.05) is 12.5 Å². The summed E-state index contributed by atoms with van der Waals surface area (Å²) < 4.78 is 13.6. The molecular weight excluding hydrogens is 681 g/mol. The van der Waals surface area contributed by atoms with E-state index in [0.717, 1.165) is 66.4 Å². The van der Waals surface area contributed by atoms with Gasteiger partial charge >= 0.3 is 0 Å². The quantitative estimate of drug-likeness (QED) is 0.171. The summed E-state index contributed by atoms with van der Waals surface area (Å²) in [7, 11) is 0. The maximum absolute atomic E-state index is 6.79. The zero-order valence-corrected chi connectivity index (χ0v) is 30.4. The molecule has 0 atom stereocenters. The van der Waals surface area contributed by atoms with Crippen molar-refractivity contribution in [1.29, 1.82) is 0 Å². The Balaban J connectivity index is 1.17. The Labute approximate surface area is 324 Å². The highest BCUT2D eigenvalue weighted by atomic mass is 16.3. The van der Waals surface area contributed by atoms with E-state index < -0.39 is 0 Å². The fourth-order valence-corrected chi connectivity index (χ4v) is 8.61. The lowest BCUT2D eigenvalue weighted by Gasteiger charge is -2.15. The van der Waals surface area contributed by atoms with Gasteiger partial charge in [-0.15, -0.1) is 0 Å². The summed E-state index contributed by atoms with van der Waals surface area (Å²) in [4.78, 5) is 0. The molecule has 0 N–H and O–H groups in total. The summed E-state index contributed by atoms with van der Waals surface area (Å²) in [6.45, 7) is 0. The summed E-state index contributed by atoms with van der Waals surface area (Å²) in [6, 6.07) is 69.1. The fraction of sp³-hybridized carbons (Fsp3) is 0. The average molecular weight is 715 g/mol. The van der Waals surface area contributed by atoms with Crippen molar-refractivity contribution >= 4 is 43.5 Å². The summed E-state index contributed by atoms with van der Waals surface area (Å²) in [5.41, 5.74) is 14.8. The van der Waals surface area contributed by atoms with E-state index in [1.165, 1.54) is 43.8 Å². The Morgan fingerprint density at radius 1 is 0.250 bits per heavy atom. The monoisotopic (exact) mass is 714 g/mol. The molecule has 0 aliphatic heterocycles. The van der Waals surface area contributed by atoms with Gasteiger partial charge in [-0.05, 0) is 66.1 Å². The lowest BCUT2D eigenvalue weighted by molar-refractivity contribution is 0.614. The predicted molar refractivity (Wildman–Crippen MR) is 234 cm³/mol. The Bertz CT molecular complexity index is 2970. The smallest absolute Gasteiger partial charge is 0.143 e. The highest BCUT2D eigenvalue weighted by molar-refractivity contribution is 6.25. The van der Waals surface area contributed by atoms with Crippen LogP contribution in [0.1, 0.15) is 0 Å². The van der Waals surface area contributed by atoms with Crippen molar-refractivity contribution < 1.29 is 8.83 Å². The number of hydrogen-bond donors (Lipinski definition) is 0. The van der Waals surface area contributed by atoms with Crippen molar-refractivity contribution in [3.05, 3.63) is 207 Å². The van der Waals surface area contributed by atoms with Crippen LogP contribution in [0.25, 0.3) is 110 Å². The molecule has 56 heavy (non-hydrogen) atoms. The van der Waals surface area contributed by atoms with Gasteiger partial charge < -0.3 is 8.83 Å². The molecule has 0 unspecified atom stereocenters. The maximum atomic E-state index is 6.79. The molecule has 11 rings (SSSR count). The topological polar surface area (TPSA) is 26.3 Å². The van der Waals surface area contributed by atoms with Crippen molar-refractivity contribution in [3.63, 3.8) is 0 Å². The third kappa shape index (κ3) is 5.19. The predicted octanol–water partition coefficient (Wildman–Crippen LogP) is 15.5. The first-order valence-electron chi connectivity index (χ1n) is 19.1. The molecule has 0 bridgehead atoms. The Morgan fingerprint density at radius 2 is 0.589 bits per heavy atom. The molecule has 0 fully saturated rings.